The fourth-order valence-corrected chi connectivity index (χ4v) is 4.62. The molecule has 10 nitrogen and oxygen atoms in total. The number of hydrogen-bond acceptors (Lipinski definition) is 9. The Hall–Kier alpha value is -0.674. The summed E-state index contributed by atoms with van der Waals surface area (Å²) in [5.74, 6) is -2.04. The number of nitrogens with two attached hydrogens (primary N) is 1. The second-order valence-electron chi connectivity index (χ2n) is 5.07. The third-order valence-electron chi connectivity index (χ3n) is 3.58. The number of halogens is 1. The minimum atomic E-state index is -1.19. The zero-order valence-electron chi connectivity index (χ0n) is 13.1. The van der Waals surface area contributed by atoms with E-state index in [0.717, 1.165) is 16.2 Å². The van der Waals surface area contributed by atoms with Crippen molar-refractivity contribution in [3.05, 3.63) is 21.8 Å². The summed E-state index contributed by atoms with van der Waals surface area (Å²) in [6, 6.07) is -0.896. The van der Waals surface area contributed by atoms with Gasteiger partial charge in [0.25, 0.3) is 11.8 Å². The molecule has 0 saturated carbocycles. The molecule has 3 rings (SSSR count). The predicted octanol–water partition coefficient (Wildman–Crippen LogP) is -0.551. The van der Waals surface area contributed by atoms with Crippen LogP contribution in [0.15, 0.2) is 16.9 Å². The Morgan fingerprint density at radius 1 is 1.56 bits per heavy atom. The van der Waals surface area contributed by atoms with Gasteiger partial charge in [0, 0.05) is 5.75 Å². The van der Waals surface area contributed by atoms with Gasteiger partial charge in [-0.2, -0.15) is 0 Å². The van der Waals surface area contributed by atoms with Gasteiger partial charge in [0.15, 0.2) is 10.8 Å². The maximum absolute atomic E-state index is 12.6. The molecule has 1 aromatic heterocycles. The SMILES string of the molecule is CO/N=C(/C(=O)N[C@@H]1C(=O)N2C(C(=O)O)=CCS[C@H]12)c1nc(N)sc1Cl.[KH]. The summed E-state index contributed by atoms with van der Waals surface area (Å²) in [6.45, 7) is 0. The fraction of sp³-hybridized carbons (Fsp3) is 0.308. The first-order chi connectivity index (χ1) is 12.3. The number of hydrogen-bond donors (Lipinski definition) is 3. The van der Waals surface area contributed by atoms with E-state index in [1.54, 1.807) is 0 Å². The number of thiazole rings is 1. The number of rotatable bonds is 5. The average molecular weight is 458 g/mol. The number of carbonyl (C=O) groups excluding carboxylic acids is 2. The monoisotopic (exact) mass is 457 g/mol. The number of nitrogens with one attached hydrogen (secondary N) is 1. The molecule has 0 radical (unpaired) electrons. The topological polar surface area (TPSA) is 147 Å². The Balaban J connectivity index is 0.00000261. The zero-order chi connectivity index (χ0) is 19.0. The molecule has 14 heteroatoms. The molecule has 140 valence electrons. The molecule has 0 spiro atoms. The number of carboxylic acid groups (broad SMARTS) is 1. The van der Waals surface area contributed by atoms with Crippen LogP contribution in [0.25, 0.3) is 0 Å². The molecule has 27 heavy (non-hydrogen) atoms. The molecule has 0 aromatic carbocycles. The van der Waals surface area contributed by atoms with Crippen LogP contribution in [0.1, 0.15) is 5.69 Å². The Labute approximate surface area is 208 Å². The van der Waals surface area contributed by atoms with Gasteiger partial charge in [-0.05, 0) is 6.08 Å². The maximum atomic E-state index is 12.6. The number of aromatic nitrogens is 1. The number of nitrogen functional groups attached to an aromatic ring is 1. The molecule has 0 aliphatic carbocycles. The number of carboxylic acids is 1. The molecular formula is C13H13ClKN5O5S2. The Kier molecular flexibility index (Phi) is 7.72. The summed E-state index contributed by atoms with van der Waals surface area (Å²) in [6.07, 6.45) is 1.45. The molecule has 0 bridgehead atoms. The van der Waals surface area contributed by atoms with Gasteiger partial charge in [0.05, 0.1) is 0 Å². The van der Waals surface area contributed by atoms with Crippen LogP contribution in [0.3, 0.4) is 0 Å². The quantitative estimate of drug-likeness (QED) is 0.231. The van der Waals surface area contributed by atoms with Crippen molar-refractivity contribution < 1.29 is 24.3 Å². The number of carbonyl (C=O) groups is 3. The molecule has 1 saturated heterocycles. The Morgan fingerprint density at radius 2 is 2.26 bits per heavy atom. The van der Waals surface area contributed by atoms with Crippen LogP contribution in [-0.2, 0) is 19.2 Å². The summed E-state index contributed by atoms with van der Waals surface area (Å²) < 4.78 is 0.151. The summed E-state index contributed by atoms with van der Waals surface area (Å²) in [7, 11) is 1.24. The summed E-state index contributed by atoms with van der Waals surface area (Å²) in [5, 5.41) is 14.9. The van der Waals surface area contributed by atoms with Gasteiger partial charge in [-0.3, -0.25) is 14.5 Å². The van der Waals surface area contributed by atoms with Gasteiger partial charge in [-0.1, -0.05) is 28.1 Å². The van der Waals surface area contributed by atoms with Crippen molar-refractivity contribution in [1.29, 1.82) is 0 Å². The van der Waals surface area contributed by atoms with Crippen molar-refractivity contribution in [3.63, 3.8) is 0 Å². The van der Waals surface area contributed by atoms with E-state index >= 15 is 0 Å². The van der Waals surface area contributed by atoms with Crippen molar-refractivity contribution in [2.75, 3.05) is 18.6 Å². The summed E-state index contributed by atoms with van der Waals surface area (Å²) in [5.41, 5.74) is 5.29. The molecule has 2 atom stereocenters. The van der Waals surface area contributed by atoms with Crippen LogP contribution < -0.4 is 11.1 Å². The number of β-lactam (4-membered cyclic amide) rings is 1. The number of fused-ring (bicyclic) bond motifs is 1. The molecular weight excluding hydrogens is 445 g/mol. The number of amides is 2. The van der Waals surface area contributed by atoms with Gasteiger partial charge in [0.1, 0.15) is 34.3 Å². The average Bonchev–Trinajstić information content (AvgIpc) is 2.94. The van der Waals surface area contributed by atoms with Crippen molar-refractivity contribution in [2.24, 2.45) is 5.16 Å². The second kappa shape index (κ2) is 9.22. The number of anilines is 1. The minimum absolute atomic E-state index is 0. The van der Waals surface area contributed by atoms with E-state index in [2.05, 4.69) is 20.3 Å². The standard InChI is InChI=1S/C13H12ClN5O5S2.K.H/c1-24-18-6(5-8(14)26-13(15)17-5)9(20)16-7-10(21)19-4(12(22)23)2-3-25-11(7)19;;/h2,7,11H,3H2,1H3,(H2,15,17)(H,16,20)(H,22,23);;/b18-6+;;/t7-,11-;;/m1../s1. The van der Waals surface area contributed by atoms with Crippen LogP contribution >= 0.6 is 34.7 Å². The Morgan fingerprint density at radius 3 is 2.81 bits per heavy atom. The van der Waals surface area contributed by atoms with Gasteiger partial charge < -0.3 is 21.0 Å². The molecule has 2 aliphatic rings. The van der Waals surface area contributed by atoms with E-state index in [4.69, 9.17) is 22.4 Å². The summed E-state index contributed by atoms with van der Waals surface area (Å²) >= 11 is 8.31. The molecule has 4 N–H and O–H groups in total. The van der Waals surface area contributed by atoms with E-state index in [0.29, 0.717) is 5.75 Å². The van der Waals surface area contributed by atoms with E-state index in [1.807, 2.05) is 0 Å². The van der Waals surface area contributed by atoms with Crippen LogP contribution in [0, 0.1) is 0 Å². The van der Waals surface area contributed by atoms with Gasteiger partial charge in [-0.15, -0.1) is 11.8 Å². The van der Waals surface area contributed by atoms with Gasteiger partial charge >= 0.3 is 57.4 Å². The third kappa shape index (κ3) is 4.34. The first kappa shape index (κ1) is 22.6. The predicted molar refractivity (Wildman–Crippen MR) is 103 cm³/mol. The van der Waals surface area contributed by atoms with E-state index in [-0.39, 0.29) is 78.0 Å². The Bertz CT molecular complexity index is 860. The molecule has 2 amide bonds. The number of aliphatic carboxylic acids is 1. The number of thioether (sulfide) groups is 1. The van der Waals surface area contributed by atoms with Crippen LogP contribution in [0.5, 0.6) is 0 Å². The normalized spacial score (nSPS) is 21.4. The zero-order valence-corrected chi connectivity index (χ0v) is 15.5. The van der Waals surface area contributed by atoms with Crippen molar-refractivity contribution in [3.8, 4) is 0 Å². The van der Waals surface area contributed by atoms with E-state index in [9.17, 15) is 14.4 Å². The molecule has 2 aliphatic heterocycles. The molecule has 3 heterocycles. The molecule has 1 aromatic rings. The van der Waals surface area contributed by atoms with Crippen LogP contribution in [0.4, 0.5) is 5.13 Å². The fourth-order valence-electron chi connectivity index (χ4n) is 2.49. The van der Waals surface area contributed by atoms with Gasteiger partial charge in [-0.25, -0.2) is 9.78 Å². The van der Waals surface area contributed by atoms with Gasteiger partial charge in [0.2, 0.25) is 0 Å². The summed E-state index contributed by atoms with van der Waals surface area (Å²) in [4.78, 5) is 45.8. The van der Waals surface area contributed by atoms with Crippen LogP contribution in [-0.4, -0.2) is 114 Å². The van der Waals surface area contributed by atoms with E-state index < -0.39 is 29.2 Å². The number of oxime groups is 1. The molecule has 1 fully saturated rings. The first-order valence-electron chi connectivity index (χ1n) is 7.07. The second-order valence-corrected chi connectivity index (χ2v) is 7.86. The van der Waals surface area contributed by atoms with Crippen molar-refractivity contribution in [2.45, 2.75) is 11.4 Å². The van der Waals surface area contributed by atoms with Crippen molar-refractivity contribution >= 4 is 115 Å². The van der Waals surface area contributed by atoms with E-state index in [1.165, 1.54) is 24.9 Å². The third-order valence-corrected chi connectivity index (χ3v) is 5.84. The molecule has 0 unspecified atom stereocenters. The first-order valence-corrected chi connectivity index (χ1v) is 9.31. The van der Waals surface area contributed by atoms with Crippen molar-refractivity contribution in [1.82, 2.24) is 15.2 Å². The van der Waals surface area contributed by atoms with Crippen LogP contribution in [0.2, 0.25) is 4.34 Å². The number of nitrogens with zero attached hydrogens (tertiary/aromatic N) is 3.